The Bertz CT molecular complexity index is 1180. The summed E-state index contributed by atoms with van der Waals surface area (Å²) >= 11 is 3.75. The number of aliphatic carboxylic acids is 1. The zero-order chi connectivity index (χ0) is 23.7. The number of nitrogens with two attached hydrogens (primary N) is 1. The van der Waals surface area contributed by atoms with Crippen molar-refractivity contribution in [1.29, 1.82) is 0 Å². The van der Waals surface area contributed by atoms with Gasteiger partial charge in [-0.2, -0.15) is 0 Å². The van der Waals surface area contributed by atoms with Gasteiger partial charge in [0.15, 0.2) is 10.8 Å². The number of nitrogens with one attached hydrogen (secondary N) is 1. The number of aromatic nitrogens is 5. The zero-order valence-corrected chi connectivity index (χ0v) is 19.6. The minimum absolute atomic E-state index is 0. The molecule has 34 heavy (non-hydrogen) atoms. The summed E-state index contributed by atoms with van der Waals surface area (Å²) in [6.07, 6.45) is 0. The average Bonchev–Trinajstić information content (AvgIpc) is 3.40. The van der Waals surface area contributed by atoms with Crippen molar-refractivity contribution >= 4 is 93.0 Å². The van der Waals surface area contributed by atoms with Crippen LogP contribution in [-0.4, -0.2) is 118 Å². The summed E-state index contributed by atoms with van der Waals surface area (Å²) in [5.74, 6) is -1.77. The Hall–Kier alpha value is -2.18. The Balaban J connectivity index is 0.00000324. The Morgan fingerprint density at radius 1 is 1.47 bits per heavy atom. The number of rotatable bonds is 8. The van der Waals surface area contributed by atoms with Crippen LogP contribution in [0.5, 0.6) is 0 Å². The summed E-state index contributed by atoms with van der Waals surface area (Å²) in [5, 5.41) is 29.0. The van der Waals surface area contributed by atoms with Gasteiger partial charge in [-0.1, -0.05) is 16.9 Å². The number of tetrazole rings is 1. The van der Waals surface area contributed by atoms with E-state index < -0.39 is 29.2 Å². The van der Waals surface area contributed by atoms with Crippen molar-refractivity contribution in [2.45, 2.75) is 16.6 Å². The number of nitrogens with zero attached hydrogens (tertiary/aromatic N) is 7. The molecule has 0 aliphatic carbocycles. The van der Waals surface area contributed by atoms with E-state index in [9.17, 15) is 19.5 Å². The van der Waals surface area contributed by atoms with E-state index in [1.165, 1.54) is 40.2 Å². The number of nitrogen functional groups attached to an aromatic ring is 1. The molecule has 4 heterocycles. The molecule has 4 N–H and O–H groups in total. The third-order valence-corrected chi connectivity index (χ3v) is 7.77. The second kappa shape index (κ2) is 11.0. The molecule has 0 saturated carbocycles. The molecule has 14 nitrogen and oxygen atoms in total. The van der Waals surface area contributed by atoms with Gasteiger partial charge in [0.25, 0.3) is 11.8 Å². The van der Waals surface area contributed by atoms with E-state index in [2.05, 4.69) is 31.0 Å². The number of carboxylic acid groups (broad SMARTS) is 1. The van der Waals surface area contributed by atoms with Gasteiger partial charge in [0.05, 0.1) is 0 Å². The van der Waals surface area contributed by atoms with Crippen LogP contribution < -0.4 is 11.1 Å². The molecule has 0 bridgehead atoms. The van der Waals surface area contributed by atoms with Crippen LogP contribution >= 0.6 is 34.9 Å². The van der Waals surface area contributed by atoms with E-state index in [4.69, 9.17) is 10.6 Å². The minimum atomic E-state index is -1.22. The number of aryl methyl sites for hydroxylation is 1. The van der Waals surface area contributed by atoms with Crippen molar-refractivity contribution in [3.8, 4) is 0 Å². The number of carbonyl (C=O) groups is 3. The standard InChI is InChI=1S/C16H17N9O5S3.Na.H/c1-24-16(20-22-23-24)33-4-6-3-31-13-9(12(27)25(13)10(6)14(28)29)19-11(26)8(21-30-2)7-5-32-15(17)18-7;;/h5,9,13H,3-4H2,1-2H3,(H2,17,18)(H,19,26)(H,28,29);;/b21-8-;;/t9-,13-;;/m1../s1. The fourth-order valence-electron chi connectivity index (χ4n) is 3.19. The predicted octanol–water partition coefficient (Wildman–Crippen LogP) is -1.52. The third kappa shape index (κ3) is 5.08. The first-order valence-corrected chi connectivity index (χ1v) is 12.1. The number of thiazole rings is 1. The number of oxime groups is 1. The average molecular weight is 536 g/mol. The van der Waals surface area contributed by atoms with E-state index in [1.54, 1.807) is 12.4 Å². The fourth-order valence-corrected chi connectivity index (χ4v) is 6.07. The van der Waals surface area contributed by atoms with E-state index in [0.29, 0.717) is 22.2 Å². The second-order valence-corrected chi connectivity index (χ2v) is 9.62. The van der Waals surface area contributed by atoms with Gasteiger partial charge in [-0.25, -0.2) is 14.5 Å². The van der Waals surface area contributed by atoms with E-state index in [1.807, 2.05) is 0 Å². The van der Waals surface area contributed by atoms with Crippen molar-refractivity contribution in [2.75, 3.05) is 24.3 Å². The van der Waals surface area contributed by atoms with Crippen LogP contribution in [0.3, 0.4) is 0 Å². The first-order chi connectivity index (χ1) is 15.8. The van der Waals surface area contributed by atoms with Crippen LogP contribution in [0.2, 0.25) is 0 Å². The summed E-state index contributed by atoms with van der Waals surface area (Å²) in [6, 6.07) is -0.924. The molecule has 0 spiro atoms. The van der Waals surface area contributed by atoms with E-state index >= 15 is 0 Å². The molecule has 0 aromatic carbocycles. The van der Waals surface area contributed by atoms with Crippen molar-refractivity contribution < 1.29 is 24.3 Å². The van der Waals surface area contributed by atoms with Gasteiger partial charge in [0.2, 0.25) is 5.16 Å². The molecule has 2 atom stereocenters. The second-order valence-electron chi connectivity index (χ2n) is 6.69. The van der Waals surface area contributed by atoms with Crippen LogP contribution in [0.1, 0.15) is 5.69 Å². The fraction of sp³-hybridized carbons (Fsp3) is 0.375. The maximum atomic E-state index is 12.9. The molecule has 0 unspecified atom stereocenters. The van der Waals surface area contributed by atoms with Gasteiger partial charge in [0, 0.05) is 23.9 Å². The first kappa shape index (κ1) is 26.4. The molecule has 2 aliphatic rings. The quantitative estimate of drug-likeness (QED) is 0.116. The number of β-lactam (4-membered cyclic amide) rings is 1. The van der Waals surface area contributed by atoms with Crippen LogP contribution in [0.25, 0.3) is 0 Å². The van der Waals surface area contributed by atoms with Gasteiger partial charge < -0.3 is 21.0 Å². The molecule has 18 heteroatoms. The topological polar surface area (TPSA) is 191 Å². The van der Waals surface area contributed by atoms with Gasteiger partial charge in [-0.15, -0.1) is 28.2 Å². The molecular weight excluding hydrogens is 517 g/mol. The molecule has 2 aromatic heterocycles. The van der Waals surface area contributed by atoms with Crippen molar-refractivity contribution in [3.63, 3.8) is 0 Å². The summed E-state index contributed by atoms with van der Waals surface area (Å²) in [5.41, 5.74) is 6.17. The Morgan fingerprint density at radius 3 is 2.82 bits per heavy atom. The van der Waals surface area contributed by atoms with Crippen LogP contribution in [0, 0.1) is 0 Å². The maximum absolute atomic E-state index is 12.9. The van der Waals surface area contributed by atoms with Gasteiger partial charge >= 0.3 is 35.5 Å². The van der Waals surface area contributed by atoms with Gasteiger partial charge in [0.1, 0.15) is 29.9 Å². The number of carboxylic acids is 1. The molecular formula is C16H18N9NaO5S3. The van der Waals surface area contributed by atoms with Crippen molar-refractivity contribution in [1.82, 2.24) is 35.4 Å². The predicted molar refractivity (Wildman–Crippen MR) is 126 cm³/mol. The van der Waals surface area contributed by atoms with Crippen molar-refractivity contribution in [2.24, 2.45) is 12.2 Å². The first-order valence-electron chi connectivity index (χ1n) is 9.20. The molecule has 1 fully saturated rings. The van der Waals surface area contributed by atoms with Crippen LogP contribution in [0.15, 0.2) is 27.0 Å². The Morgan fingerprint density at radius 2 is 2.24 bits per heavy atom. The SMILES string of the molecule is CO/N=C(\C(=O)N[C@@H]1C(=O)N2C(C(=O)O)=C(CSc3nnnn3C)CS[C@H]12)c1csc(N)n1.[NaH]. The monoisotopic (exact) mass is 535 g/mol. The number of hydrogen-bond donors (Lipinski definition) is 3. The normalized spacial score (nSPS) is 19.8. The Kier molecular flexibility index (Phi) is 8.58. The summed E-state index contributed by atoms with van der Waals surface area (Å²) in [7, 11) is 2.95. The van der Waals surface area contributed by atoms with Crippen molar-refractivity contribution in [3.05, 3.63) is 22.3 Å². The van der Waals surface area contributed by atoms with Crippen LogP contribution in [-0.2, 0) is 26.3 Å². The number of amides is 2. The zero-order valence-electron chi connectivity index (χ0n) is 17.2. The number of anilines is 1. The summed E-state index contributed by atoms with van der Waals surface area (Å²) in [6.45, 7) is 0. The summed E-state index contributed by atoms with van der Waals surface area (Å²) in [4.78, 5) is 47.6. The molecule has 176 valence electrons. The molecule has 1 saturated heterocycles. The third-order valence-electron chi connectivity index (χ3n) is 4.66. The molecule has 2 aromatic rings. The van der Waals surface area contributed by atoms with Gasteiger partial charge in [-0.3, -0.25) is 14.5 Å². The number of hydrogen-bond acceptors (Lipinski definition) is 13. The molecule has 4 rings (SSSR count). The van der Waals surface area contributed by atoms with Crippen LogP contribution in [0.4, 0.5) is 5.13 Å². The number of thioether (sulfide) groups is 2. The van der Waals surface area contributed by atoms with Gasteiger partial charge in [-0.05, 0) is 16.0 Å². The number of carbonyl (C=O) groups excluding carboxylic acids is 2. The Labute approximate surface area is 227 Å². The molecule has 2 amide bonds. The van der Waals surface area contributed by atoms with E-state index in [0.717, 1.165) is 11.3 Å². The van der Waals surface area contributed by atoms with E-state index in [-0.39, 0.29) is 51.8 Å². The number of fused-ring (bicyclic) bond motifs is 1. The summed E-state index contributed by atoms with van der Waals surface area (Å²) < 4.78 is 1.47. The molecule has 2 aliphatic heterocycles. The molecule has 0 radical (unpaired) electrons.